The van der Waals surface area contributed by atoms with Crippen LogP contribution in [0.1, 0.15) is 69.0 Å². The minimum atomic E-state index is -0.705. The van der Waals surface area contributed by atoms with Gasteiger partial charge in [0.15, 0.2) is 0 Å². The number of ether oxygens (including phenoxy) is 2. The van der Waals surface area contributed by atoms with Crippen LogP contribution in [0.25, 0.3) is 0 Å². The summed E-state index contributed by atoms with van der Waals surface area (Å²) in [4.78, 5) is 26.2. The summed E-state index contributed by atoms with van der Waals surface area (Å²) in [6.45, 7) is 11.4. The molecule has 7 nitrogen and oxygen atoms in total. The molecule has 3 rings (SSSR count). The van der Waals surface area contributed by atoms with E-state index in [2.05, 4.69) is 29.5 Å². The van der Waals surface area contributed by atoms with Crippen molar-refractivity contribution in [1.82, 2.24) is 10.5 Å². The molecule has 0 amide bonds. The van der Waals surface area contributed by atoms with E-state index >= 15 is 0 Å². The lowest BCUT2D eigenvalue weighted by molar-refractivity contribution is -0.139. The number of hydrogen-bond donors (Lipinski definition) is 1. The summed E-state index contributed by atoms with van der Waals surface area (Å²) in [5, 5.41) is 7.40. The number of rotatable bonds is 8. The van der Waals surface area contributed by atoms with Gasteiger partial charge in [-0.2, -0.15) is 0 Å². The van der Waals surface area contributed by atoms with Crippen molar-refractivity contribution in [2.45, 2.75) is 59.8 Å². The molecule has 1 aliphatic heterocycles. The quantitative estimate of drug-likeness (QED) is 0.581. The van der Waals surface area contributed by atoms with E-state index in [4.69, 9.17) is 14.0 Å². The molecule has 0 spiro atoms. The lowest BCUT2D eigenvalue weighted by atomic mass is 9.77. The van der Waals surface area contributed by atoms with E-state index < -0.39 is 17.9 Å². The maximum Gasteiger partial charge on any atom is 0.336 e. The minimum absolute atomic E-state index is 0.0361. The van der Waals surface area contributed by atoms with Gasteiger partial charge in [-0.05, 0) is 46.6 Å². The van der Waals surface area contributed by atoms with Gasteiger partial charge in [0.1, 0.15) is 5.76 Å². The van der Waals surface area contributed by atoms with Crippen LogP contribution in [0, 0.1) is 6.92 Å². The fourth-order valence-corrected chi connectivity index (χ4v) is 4.40. The van der Waals surface area contributed by atoms with E-state index in [1.807, 2.05) is 25.1 Å². The molecule has 2 aromatic rings. The summed E-state index contributed by atoms with van der Waals surface area (Å²) < 4.78 is 16.6. The Morgan fingerprint density at radius 1 is 1.00 bits per heavy atom. The number of nitrogens with zero attached hydrogens (tertiary/aromatic N) is 1. The SMILES string of the molecule is CCOC(=O)C1=C(C)NC(C)=C(C(=O)OCC)C1c1c(C)noc1[C@@H](C)Cc1ccccc1. The molecule has 0 aliphatic carbocycles. The molecule has 1 aromatic carbocycles. The maximum absolute atomic E-state index is 13.1. The first-order chi connectivity index (χ1) is 15.8. The number of aryl methyl sites for hydroxylation is 1. The Hall–Kier alpha value is -3.35. The van der Waals surface area contributed by atoms with E-state index in [0.29, 0.717) is 39.6 Å². The van der Waals surface area contributed by atoms with Gasteiger partial charge in [-0.1, -0.05) is 42.4 Å². The van der Waals surface area contributed by atoms with Crippen LogP contribution in [0.5, 0.6) is 0 Å². The average molecular weight is 453 g/mol. The summed E-state index contributed by atoms with van der Waals surface area (Å²) in [7, 11) is 0. The van der Waals surface area contributed by atoms with Crippen LogP contribution in [0.2, 0.25) is 0 Å². The molecule has 2 heterocycles. The van der Waals surface area contributed by atoms with Crippen LogP contribution < -0.4 is 5.32 Å². The highest BCUT2D eigenvalue weighted by atomic mass is 16.5. The van der Waals surface area contributed by atoms with Crippen molar-refractivity contribution < 1.29 is 23.6 Å². The van der Waals surface area contributed by atoms with Gasteiger partial charge in [0, 0.05) is 22.9 Å². The minimum Gasteiger partial charge on any atom is -0.463 e. The predicted molar refractivity (Wildman–Crippen MR) is 124 cm³/mol. The Morgan fingerprint density at radius 3 is 2.06 bits per heavy atom. The lowest BCUT2D eigenvalue weighted by Crippen LogP contribution is -2.33. The predicted octanol–water partition coefficient (Wildman–Crippen LogP) is 4.69. The van der Waals surface area contributed by atoms with Crippen LogP contribution in [-0.4, -0.2) is 30.3 Å². The Kier molecular flexibility index (Phi) is 7.74. The molecule has 0 bridgehead atoms. The van der Waals surface area contributed by atoms with Gasteiger partial charge in [0.25, 0.3) is 0 Å². The number of esters is 2. The first-order valence-electron chi connectivity index (χ1n) is 11.3. The molecule has 0 saturated heterocycles. The molecule has 1 aliphatic rings. The van der Waals surface area contributed by atoms with Crippen LogP contribution in [-0.2, 0) is 25.5 Å². The molecule has 1 N–H and O–H groups in total. The van der Waals surface area contributed by atoms with Crippen molar-refractivity contribution in [1.29, 1.82) is 0 Å². The van der Waals surface area contributed by atoms with Crippen molar-refractivity contribution in [3.8, 4) is 0 Å². The number of hydrogen-bond acceptors (Lipinski definition) is 7. The number of nitrogens with one attached hydrogen (secondary N) is 1. The Morgan fingerprint density at radius 2 is 1.55 bits per heavy atom. The van der Waals surface area contributed by atoms with Gasteiger partial charge in [0.05, 0.1) is 36.0 Å². The van der Waals surface area contributed by atoms with E-state index in [1.165, 1.54) is 0 Å². The lowest BCUT2D eigenvalue weighted by Gasteiger charge is -2.30. The van der Waals surface area contributed by atoms with Crippen molar-refractivity contribution in [2.24, 2.45) is 0 Å². The van der Waals surface area contributed by atoms with Gasteiger partial charge < -0.3 is 19.3 Å². The average Bonchev–Trinajstić information content (AvgIpc) is 3.15. The molecular formula is C26H32N2O5. The zero-order valence-electron chi connectivity index (χ0n) is 20.2. The van der Waals surface area contributed by atoms with Crippen molar-refractivity contribution in [3.05, 3.63) is 75.5 Å². The second-order valence-electron chi connectivity index (χ2n) is 8.21. The molecule has 7 heteroatoms. The number of carbonyl (C=O) groups is 2. The molecule has 1 atom stereocenters. The third-order valence-electron chi connectivity index (χ3n) is 5.81. The third-order valence-corrected chi connectivity index (χ3v) is 5.81. The van der Waals surface area contributed by atoms with Gasteiger partial charge in [-0.25, -0.2) is 9.59 Å². The van der Waals surface area contributed by atoms with Crippen LogP contribution >= 0.6 is 0 Å². The number of dihydropyridines is 1. The summed E-state index contributed by atoms with van der Waals surface area (Å²) in [6, 6.07) is 10.1. The molecule has 0 radical (unpaired) electrons. The summed E-state index contributed by atoms with van der Waals surface area (Å²) in [5.74, 6) is -1.06. The van der Waals surface area contributed by atoms with Crippen LogP contribution in [0.4, 0.5) is 0 Å². The van der Waals surface area contributed by atoms with E-state index in [9.17, 15) is 9.59 Å². The van der Waals surface area contributed by atoms with E-state index in [-0.39, 0.29) is 19.1 Å². The smallest absolute Gasteiger partial charge is 0.336 e. The van der Waals surface area contributed by atoms with E-state index in [0.717, 1.165) is 12.0 Å². The molecule has 0 fully saturated rings. The van der Waals surface area contributed by atoms with Crippen molar-refractivity contribution in [3.63, 3.8) is 0 Å². The molecule has 176 valence electrons. The third kappa shape index (κ3) is 5.02. The topological polar surface area (TPSA) is 90.7 Å². The van der Waals surface area contributed by atoms with Crippen LogP contribution in [0.3, 0.4) is 0 Å². The highest BCUT2D eigenvalue weighted by Gasteiger charge is 2.42. The second-order valence-corrected chi connectivity index (χ2v) is 8.21. The van der Waals surface area contributed by atoms with Crippen LogP contribution in [0.15, 0.2) is 57.4 Å². The van der Waals surface area contributed by atoms with Gasteiger partial charge in [-0.3, -0.25) is 0 Å². The second kappa shape index (κ2) is 10.5. The Labute approximate surface area is 194 Å². The molecule has 33 heavy (non-hydrogen) atoms. The number of carbonyl (C=O) groups excluding carboxylic acids is 2. The largest absolute Gasteiger partial charge is 0.463 e. The standard InChI is InChI=1S/C26H32N2O5/c1-7-31-25(29)21-16(4)27-17(5)22(26(30)32-8-2)23(21)20-18(6)28-33-24(20)15(3)14-19-12-10-9-11-13-19/h9-13,15,23,27H,7-8,14H2,1-6H3/t15-/m0/s1. The zero-order valence-corrected chi connectivity index (χ0v) is 20.2. The fourth-order valence-electron chi connectivity index (χ4n) is 4.40. The van der Waals surface area contributed by atoms with Crippen molar-refractivity contribution >= 4 is 11.9 Å². The van der Waals surface area contributed by atoms with Gasteiger partial charge in [-0.15, -0.1) is 0 Å². The number of allylic oxidation sites excluding steroid dienone is 2. The molecule has 0 saturated carbocycles. The number of aromatic nitrogens is 1. The fraction of sp³-hybridized carbons (Fsp3) is 0.423. The first-order valence-corrected chi connectivity index (χ1v) is 11.3. The van der Waals surface area contributed by atoms with Crippen molar-refractivity contribution in [2.75, 3.05) is 13.2 Å². The Bertz CT molecular complexity index is 1040. The van der Waals surface area contributed by atoms with E-state index in [1.54, 1.807) is 27.7 Å². The molecular weight excluding hydrogens is 420 g/mol. The monoisotopic (exact) mass is 452 g/mol. The summed E-state index contributed by atoms with van der Waals surface area (Å²) in [6.07, 6.45) is 0.725. The van der Waals surface area contributed by atoms with Gasteiger partial charge >= 0.3 is 11.9 Å². The summed E-state index contributed by atoms with van der Waals surface area (Å²) in [5.41, 5.74) is 4.49. The maximum atomic E-state index is 13.1. The summed E-state index contributed by atoms with van der Waals surface area (Å²) >= 11 is 0. The Balaban J connectivity index is 2.16. The normalized spacial score (nSPS) is 15.3. The first kappa shape index (κ1) is 24.3. The highest BCUT2D eigenvalue weighted by Crippen LogP contribution is 2.44. The number of benzene rings is 1. The molecule has 0 unspecified atom stereocenters. The highest BCUT2D eigenvalue weighted by molar-refractivity contribution is 6.00. The zero-order chi connectivity index (χ0) is 24.1. The van der Waals surface area contributed by atoms with Gasteiger partial charge in [0.2, 0.25) is 0 Å². The molecule has 1 aromatic heterocycles.